The van der Waals surface area contributed by atoms with Crippen LogP contribution in [0.2, 0.25) is 0 Å². The van der Waals surface area contributed by atoms with Gasteiger partial charge in [0.2, 0.25) is 5.76 Å². The normalized spacial score (nSPS) is 12.3. The van der Waals surface area contributed by atoms with Crippen molar-refractivity contribution in [2.24, 2.45) is 0 Å². The maximum atomic E-state index is 13.3. The highest BCUT2D eigenvalue weighted by Crippen LogP contribution is 2.42. The van der Waals surface area contributed by atoms with E-state index in [2.05, 4.69) is 9.68 Å². The molecule has 1 aromatic heterocycles. The van der Waals surface area contributed by atoms with Gasteiger partial charge < -0.3 is 4.52 Å². The van der Waals surface area contributed by atoms with Crippen LogP contribution in [0, 0.1) is 5.82 Å². The zero-order chi connectivity index (χ0) is 19.1. The zero-order valence-corrected chi connectivity index (χ0v) is 14.0. The van der Waals surface area contributed by atoms with E-state index in [0.29, 0.717) is 0 Å². The molecule has 3 aromatic rings. The van der Waals surface area contributed by atoms with Crippen LogP contribution < -0.4 is 0 Å². The second kappa shape index (κ2) is 6.24. The fourth-order valence-electron chi connectivity index (χ4n) is 2.43. The molecule has 0 aliphatic carbocycles. The molecule has 0 bridgehead atoms. The Bertz CT molecular complexity index is 1040. The molecule has 0 spiro atoms. The van der Waals surface area contributed by atoms with E-state index >= 15 is 0 Å². The Morgan fingerprint density at radius 3 is 1.96 bits per heavy atom. The first-order valence-corrected chi connectivity index (χ1v) is 9.10. The third-order valence-corrected chi connectivity index (χ3v) is 4.77. The Morgan fingerprint density at radius 2 is 1.46 bits per heavy atom. The molecule has 0 saturated heterocycles. The molecule has 1 heterocycles. The summed E-state index contributed by atoms with van der Waals surface area (Å²) in [5.74, 6) is -1.91. The van der Waals surface area contributed by atoms with Crippen LogP contribution in [0.4, 0.5) is 17.6 Å². The third kappa shape index (κ3) is 3.48. The van der Waals surface area contributed by atoms with Gasteiger partial charge in [-0.05, 0) is 29.8 Å². The first-order valence-electron chi connectivity index (χ1n) is 7.20. The maximum absolute atomic E-state index is 13.3. The summed E-state index contributed by atoms with van der Waals surface area (Å²) in [7, 11) is -3.45. The van der Waals surface area contributed by atoms with Gasteiger partial charge in [-0.15, -0.1) is 0 Å². The Balaban J connectivity index is 2.19. The number of hydrogen-bond donors (Lipinski definition) is 0. The molecule has 4 nitrogen and oxygen atoms in total. The standard InChI is InChI=1S/C17H11F4NO3S/c1-26(23,24)13-8-4-11(5-9-13)15-14(10-2-6-12(18)7-3-10)16(25-22-15)17(19,20)21/h2-9H,1H3. The second-order valence-corrected chi connectivity index (χ2v) is 7.55. The number of benzene rings is 2. The average molecular weight is 385 g/mol. The molecular weight excluding hydrogens is 374 g/mol. The van der Waals surface area contributed by atoms with Gasteiger partial charge in [-0.25, -0.2) is 12.8 Å². The fraction of sp³-hybridized carbons (Fsp3) is 0.118. The molecule has 0 aliphatic rings. The summed E-state index contributed by atoms with van der Waals surface area (Å²) in [5.41, 5.74) is -0.160. The average Bonchev–Trinajstić information content (AvgIpc) is 3.00. The first kappa shape index (κ1) is 18.1. The molecule has 3 rings (SSSR count). The van der Waals surface area contributed by atoms with Crippen molar-refractivity contribution in [2.75, 3.05) is 6.26 Å². The van der Waals surface area contributed by atoms with Gasteiger partial charge in [-0.3, -0.25) is 0 Å². The van der Waals surface area contributed by atoms with Crippen molar-refractivity contribution in [3.8, 4) is 22.4 Å². The summed E-state index contributed by atoms with van der Waals surface area (Å²) in [6.07, 6.45) is -3.79. The summed E-state index contributed by atoms with van der Waals surface area (Å²) in [6, 6.07) is 9.62. The Morgan fingerprint density at radius 1 is 0.923 bits per heavy atom. The van der Waals surface area contributed by atoms with Crippen molar-refractivity contribution in [2.45, 2.75) is 11.1 Å². The van der Waals surface area contributed by atoms with Crippen LogP contribution >= 0.6 is 0 Å². The zero-order valence-electron chi connectivity index (χ0n) is 13.2. The summed E-state index contributed by atoms with van der Waals surface area (Å²) in [4.78, 5) is 0.0177. The van der Waals surface area contributed by atoms with Crippen molar-refractivity contribution in [1.82, 2.24) is 5.16 Å². The Hall–Kier alpha value is -2.68. The number of sulfone groups is 1. The van der Waals surface area contributed by atoms with Gasteiger partial charge in [0.25, 0.3) is 0 Å². The lowest BCUT2D eigenvalue weighted by Gasteiger charge is -2.07. The van der Waals surface area contributed by atoms with Crippen molar-refractivity contribution >= 4 is 9.84 Å². The van der Waals surface area contributed by atoms with Crippen LogP contribution in [0.3, 0.4) is 0 Å². The summed E-state index contributed by atoms with van der Waals surface area (Å²) >= 11 is 0. The molecular formula is C17H11F4NO3S. The van der Waals surface area contributed by atoms with E-state index in [1.54, 1.807) is 0 Å². The monoisotopic (exact) mass is 385 g/mol. The van der Waals surface area contributed by atoms with Crippen LogP contribution in [-0.4, -0.2) is 19.8 Å². The number of alkyl halides is 3. The third-order valence-electron chi connectivity index (χ3n) is 3.64. The lowest BCUT2D eigenvalue weighted by molar-refractivity contribution is -0.154. The van der Waals surface area contributed by atoms with Crippen molar-refractivity contribution in [3.05, 3.63) is 60.1 Å². The molecule has 0 N–H and O–H groups in total. The maximum Gasteiger partial charge on any atom is 0.453 e. The molecule has 2 aromatic carbocycles. The SMILES string of the molecule is CS(=O)(=O)c1ccc(-c2noc(C(F)(F)F)c2-c2ccc(F)cc2)cc1. The highest BCUT2D eigenvalue weighted by molar-refractivity contribution is 7.90. The second-order valence-electron chi connectivity index (χ2n) is 5.54. The molecule has 0 unspecified atom stereocenters. The molecule has 136 valence electrons. The van der Waals surface area contributed by atoms with Crippen molar-refractivity contribution in [3.63, 3.8) is 0 Å². The largest absolute Gasteiger partial charge is 0.453 e. The van der Waals surface area contributed by atoms with Gasteiger partial charge >= 0.3 is 6.18 Å². The lowest BCUT2D eigenvalue weighted by Crippen LogP contribution is -2.05. The van der Waals surface area contributed by atoms with Gasteiger partial charge in [-0.1, -0.05) is 29.4 Å². The lowest BCUT2D eigenvalue weighted by atomic mass is 9.99. The van der Waals surface area contributed by atoms with E-state index in [0.717, 1.165) is 18.4 Å². The van der Waals surface area contributed by atoms with Gasteiger partial charge in [0, 0.05) is 11.8 Å². The minimum atomic E-state index is -4.80. The molecule has 0 aliphatic heterocycles. The number of halogens is 4. The molecule has 0 amide bonds. The Kier molecular flexibility index (Phi) is 4.35. The quantitative estimate of drug-likeness (QED) is 0.620. The van der Waals surface area contributed by atoms with E-state index in [-0.39, 0.29) is 27.3 Å². The van der Waals surface area contributed by atoms with Crippen LogP contribution in [-0.2, 0) is 16.0 Å². The fourth-order valence-corrected chi connectivity index (χ4v) is 3.06. The summed E-state index contributed by atoms with van der Waals surface area (Å²) in [6.45, 7) is 0. The van der Waals surface area contributed by atoms with E-state index in [4.69, 9.17) is 0 Å². The van der Waals surface area contributed by atoms with Gasteiger partial charge in [0.15, 0.2) is 9.84 Å². The van der Waals surface area contributed by atoms with Gasteiger partial charge in [-0.2, -0.15) is 13.2 Å². The topological polar surface area (TPSA) is 60.2 Å². The van der Waals surface area contributed by atoms with Gasteiger partial charge in [0.05, 0.1) is 10.5 Å². The minimum Gasteiger partial charge on any atom is -0.350 e. The van der Waals surface area contributed by atoms with Crippen molar-refractivity contribution in [1.29, 1.82) is 0 Å². The predicted molar refractivity (Wildman–Crippen MR) is 85.4 cm³/mol. The van der Waals surface area contributed by atoms with E-state index in [9.17, 15) is 26.0 Å². The number of nitrogens with zero attached hydrogens (tertiary/aromatic N) is 1. The molecule has 0 atom stereocenters. The smallest absolute Gasteiger partial charge is 0.350 e. The molecule has 0 fully saturated rings. The van der Waals surface area contributed by atoms with E-state index < -0.39 is 27.6 Å². The number of hydrogen-bond acceptors (Lipinski definition) is 4. The minimum absolute atomic E-state index is 0.0177. The van der Waals surface area contributed by atoms with Crippen molar-refractivity contribution < 1.29 is 30.5 Å². The van der Waals surface area contributed by atoms with Crippen LogP contribution in [0.1, 0.15) is 5.76 Å². The molecule has 9 heteroatoms. The summed E-state index contributed by atoms with van der Waals surface area (Å²) < 4.78 is 80.5. The molecule has 0 saturated carbocycles. The molecule has 26 heavy (non-hydrogen) atoms. The number of aromatic nitrogens is 1. The number of rotatable bonds is 3. The molecule has 0 radical (unpaired) electrons. The Labute approximate surface area is 146 Å². The van der Waals surface area contributed by atoms with Crippen LogP contribution in [0.5, 0.6) is 0 Å². The van der Waals surface area contributed by atoms with E-state index in [1.807, 2.05) is 0 Å². The first-order chi connectivity index (χ1) is 12.1. The predicted octanol–water partition coefficient (Wildman–Crippen LogP) is 4.57. The van der Waals surface area contributed by atoms with E-state index in [1.165, 1.54) is 36.4 Å². The van der Waals surface area contributed by atoms with Gasteiger partial charge in [0.1, 0.15) is 11.5 Å². The highest BCUT2D eigenvalue weighted by atomic mass is 32.2. The highest BCUT2D eigenvalue weighted by Gasteiger charge is 2.41. The van der Waals surface area contributed by atoms with Crippen LogP contribution in [0.15, 0.2) is 57.9 Å². The van der Waals surface area contributed by atoms with Crippen LogP contribution in [0.25, 0.3) is 22.4 Å². The summed E-state index contributed by atoms with van der Waals surface area (Å²) in [5, 5.41) is 3.51.